The minimum atomic E-state index is -0.355. The van der Waals surface area contributed by atoms with E-state index in [1.807, 2.05) is 0 Å². The molecule has 0 unspecified atom stereocenters. The Labute approximate surface area is 107 Å². The molecular formula is C11H9FN4OS. The average Bonchev–Trinajstić information content (AvgIpc) is 2.41. The first-order chi connectivity index (χ1) is 8.72. The molecule has 1 aromatic heterocycles. The molecule has 0 aliphatic rings. The Hall–Kier alpha value is -2.15. The molecular weight excluding hydrogens is 255 g/mol. The van der Waals surface area contributed by atoms with Crippen LogP contribution in [0.5, 0.6) is 0 Å². The van der Waals surface area contributed by atoms with Gasteiger partial charge in [-0.1, -0.05) is 29.1 Å². The van der Waals surface area contributed by atoms with Gasteiger partial charge in [0.05, 0.1) is 5.56 Å². The van der Waals surface area contributed by atoms with Crippen LogP contribution in [0.3, 0.4) is 0 Å². The van der Waals surface area contributed by atoms with Gasteiger partial charge in [0.15, 0.2) is 5.84 Å². The van der Waals surface area contributed by atoms with Gasteiger partial charge in [-0.2, -0.15) is 0 Å². The lowest BCUT2D eigenvalue weighted by Gasteiger charge is -2.06. The van der Waals surface area contributed by atoms with Crippen LogP contribution in [-0.4, -0.2) is 21.0 Å². The number of benzene rings is 1. The summed E-state index contributed by atoms with van der Waals surface area (Å²) in [5.41, 5.74) is 5.85. The maximum Gasteiger partial charge on any atom is 0.174 e. The highest BCUT2D eigenvalue weighted by molar-refractivity contribution is 7.99. The third-order valence-corrected chi connectivity index (χ3v) is 3.17. The Balaban J connectivity index is 2.38. The molecule has 92 valence electrons. The van der Waals surface area contributed by atoms with E-state index in [2.05, 4.69) is 15.1 Å². The molecule has 0 atom stereocenters. The number of halogens is 1. The Morgan fingerprint density at radius 2 is 2.17 bits per heavy atom. The average molecular weight is 264 g/mol. The summed E-state index contributed by atoms with van der Waals surface area (Å²) in [7, 11) is 0. The SMILES string of the molecule is N/C(=N/O)c1cncnc1Sc1ccccc1F. The second-order valence-corrected chi connectivity index (χ2v) is 4.29. The van der Waals surface area contributed by atoms with E-state index in [1.54, 1.807) is 18.2 Å². The fourth-order valence-corrected chi connectivity index (χ4v) is 2.15. The summed E-state index contributed by atoms with van der Waals surface area (Å²) in [4.78, 5) is 8.19. The van der Waals surface area contributed by atoms with E-state index < -0.39 is 0 Å². The number of oxime groups is 1. The van der Waals surface area contributed by atoms with Crippen molar-refractivity contribution in [1.82, 2.24) is 9.97 Å². The Morgan fingerprint density at radius 3 is 2.89 bits per heavy atom. The smallest absolute Gasteiger partial charge is 0.174 e. The molecule has 0 saturated heterocycles. The van der Waals surface area contributed by atoms with Gasteiger partial charge in [-0.15, -0.1) is 0 Å². The predicted octanol–water partition coefficient (Wildman–Crippen LogP) is 1.86. The van der Waals surface area contributed by atoms with Crippen LogP contribution in [0, 0.1) is 5.82 Å². The molecule has 5 nitrogen and oxygen atoms in total. The molecule has 2 aromatic rings. The van der Waals surface area contributed by atoms with Gasteiger partial charge < -0.3 is 10.9 Å². The van der Waals surface area contributed by atoms with Gasteiger partial charge in [0.25, 0.3) is 0 Å². The van der Waals surface area contributed by atoms with Crippen molar-refractivity contribution in [3.05, 3.63) is 48.2 Å². The zero-order valence-electron chi connectivity index (χ0n) is 9.12. The van der Waals surface area contributed by atoms with Gasteiger partial charge in [0.1, 0.15) is 17.2 Å². The van der Waals surface area contributed by atoms with Crippen molar-refractivity contribution in [3.63, 3.8) is 0 Å². The second kappa shape index (κ2) is 5.46. The van der Waals surface area contributed by atoms with Crippen LogP contribution < -0.4 is 5.73 Å². The maximum atomic E-state index is 13.5. The van der Waals surface area contributed by atoms with Crippen molar-refractivity contribution in [2.24, 2.45) is 10.9 Å². The summed E-state index contributed by atoms with van der Waals surface area (Å²) >= 11 is 1.09. The first-order valence-corrected chi connectivity index (χ1v) is 5.74. The zero-order chi connectivity index (χ0) is 13.0. The third kappa shape index (κ3) is 2.57. The summed E-state index contributed by atoms with van der Waals surface area (Å²) in [6.07, 6.45) is 2.72. The minimum absolute atomic E-state index is 0.116. The van der Waals surface area contributed by atoms with E-state index in [-0.39, 0.29) is 11.7 Å². The van der Waals surface area contributed by atoms with E-state index in [4.69, 9.17) is 10.9 Å². The van der Waals surface area contributed by atoms with Crippen LogP contribution in [-0.2, 0) is 0 Å². The van der Waals surface area contributed by atoms with Crippen molar-refractivity contribution < 1.29 is 9.60 Å². The van der Waals surface area contributed by atoms with Crippen LogP contribution in [0.25, 0.3) is 0 Å². The molecule has 1 aromatic carbocycles. The number of nitrogens with zero attached hydrogens (tertiary/aromatic N) is 3. The summed E-state index contributed by atoms with van der Waals surface area (Å²) in [6.45, 7) is 0. The van der Waals surface area contributed by atoms with E-state index in [9.17, 15) is 4.39 Å². The number of amidine groups is 1. The third-order valence-electron chi connectivity index (χ3n) is 2.10. The second-order valence-electron chi connectivity index (χ2n) is 3.26. The van der Waals surface area contributed by atoms with Crippen molar-refractivity contribution in [3.8, 4) is 0 Å². The first-order valence-electron chi connectivity index (χ1n) is 4.92. The summed E-state index contributed by atoms with van der Waals surface area (Å²) < 4.78 is 13.5. The molecule has 0 aliphatic carbocycles. The Kier molecular flexibility index (Phi) is 3.73. The fraction of sp³-hybridized carbons (Fsp3) is 0. The van der Waals surface area contributed by atoms with Crippen LogP contribution in [0.15, 0.2) is 51.9 Å². The van der Waals surface area contributed by atoms with Gasteiger partial charge in [0, 0.05) is 11.1 Å². The Morgan fingerprint density at radius 1 is 1.39 bits per heavy atom. The summed E-state index contributed by atoms with van der Waals surface area (Å²) in [5, 5.41) is 12.0. The molecule has 1 heterocycles. The van der Waals surface area contributed by atoms with Crippen LogP contribution in [0.1, 0.15) is 5.56 Å². The Bertz CT molecular complexity index is 591. The van der Waals surface area contributed by atoms with Crippen LogP contribution in [0.4, 0.5) is 4.39 Å². The summed E-state index contributed by atoms with van der Waals surface area (Å²) in [6, 6.07) is 6.30. The minimum Gasteiger partial charge on any atom is -0.409 e. The highest BCUT2D eigenvalue weighted by Crippen LogP contribution is 2.29. The number of rotatable bonds is 3. The lowest BCUT2D eigenvalue weighted by Crippen LogP contribution is -2.15. The van der Waals surface area contributed by atoms with Gasteiger partial charge in [-0.3, -0.25) is 0 Å². The highest BCUT2D eigenvalue weighted by atomic mass is 32.2. The number of aromatic nitrogens is 2. The van der Waals surface area contributed by atoms with E-state index in [0.29, 0.717) is 15.5 Å². The standard InChI is InChI=1S/C11H9FN4OS/c12-8-3-1-2-4-9(8)18-11-7(10(13)16-17)5-14-6-15-11/h1-6,17H,(H2,13,16). The van der Waals surface area contributed by atoms with Gasteiger partial charge >= 0.3 is 0 Å². The molecule has 18 heavy (non-hydrogen) atoms. The van der Waals surface area contributed by atoms with E-state index >= 15 is 0 Å². The molecule has 0 bridgehead atoms. The van der Waals surface area contributed by atoms with E-state index in [1.165, 1.54) is 18.6 Å². The topological polar surface area (TPSA) is 84.4 Å². The molecule has 0 spiro atoms. The number of nitrogens with two attached hydrogens (primary N) is 1. The lowest BCUT2D eigenvalue weighted by atomic mass is 10.3. The fourth-order valence-electron chi connectivity index (χ4n) is 1.26. The molecule has 0 saturated carbocycles. The molecule has 0 radical (unpaired) electrons. The molecule has 0 fully saturated rings. The van der Waals surface area contributed by atoms with Crippen molar-refractivity contribution in [2.45, 2.75) is 9.92 Å². The molecule has 0 amide bonds. The largest absolute Gasteiger partial charge is 0.409 e. The normalized spacial score (nSPS) is 11.5. The van der Waals surface area contributed by atoms with Crippen molar-refractivity contribution in [2.75, 3.05) is 0 Å². The summed E-state index contributed by atoms with van der Waals surface area (Å²) in [5.74, 6) is -0.471. The van der Waals surface area contributed by atoms with Crippen molar-refractivity contribution in [1.29, 1.82) is 0 Å². The maximum absolute atomic E-state index is 13.5. The lowest BCUT2D eigenvalue weighted by molar-refractivity contribution is 0.318. The molecule has 2 rings (SSSR count). The first kappa shape index (κ1) is 12.3. The quantitative estimate of drug-likeness (QED) is 0.290. The predicted molar refractivity (Wildman–Crippen MR) is 65.1 cm³/mol. The molecule has 3 N–H and O–H groups in total. The van der Waals surface area contributed by atoms with E-state index in [0.717, 1.165) is 11.8 Å². The van der Waals surface area contributed by atoms with Crippen LogP contribution in [0.2, 0.25) is 0 Å². The zero-order valence-corrected chi connectivity index (χ0v) is 9.93. The highest BCUT2D eigenvalue weighted by Gasteiger charge is 2.12. The number of hydrogen-bond acceptors (Lipinski definition) is 5. The monoisotopic (exact) mass is 264 g/mol. The van der Waals surface area contributed by atoms with Gasteiger partial charge in [-0.05, 0) is 12.1 Å². The van der Waals surface area contributed by atoms with Gasteiger partial charge in [-0.25, -0.2) is 14.4 Å². The van der Waals surface area contributed by atoms with Crippen LogP contribution >= 0.6 is 11.8 Å². The van der Waals surface area contributed by atoms with Gasteiger partial charge in [0.2, 0.25) is 0 Å². The molecule has 0 aliphatic heterocycles. The molecule has 7 heteroatoms. The van der Waals surface area contributed by atoms with Crippen molar-refractivity contribution >= 4 is 17.6 Å². The number of hydrogen-bond donors (Lipinski definition) is 2.